The van der Waals surface area contributed by atoms with Crippen LogP contribution in [0, 0.1) is 5.92 Å². The van der Waals surface area contributed by atoms with Gasteiger partial charge >= 0.3 is 0 Å². The van der Waals surface area contributed by atoms with Crippen molar-refractivity contribution in [2.24, 2.45) is 5.92 Å². The van der Waals surface area contributed by atoms with E-state index in [0.717, 1.165) is 12.5 Å². The summed E-state index contributed by atoms with van der Waals surface area (Å²) >= 11 is 0. The predicted molar refractivity (Wildman–Crippen MR) is 71.9 cm³/mol. The van der Waals surface area contributed by atoms with Gasteiger partial charge in [-0.05, 0) is 12.8 Å². The molecule has 1 aliphatic rings. The summed E-state index contributed by atoms with van der Waals surface area (Å²) in [6.07, 6.45) is 3.21. The molecule has 1 aliphatic heterocycles. The molecule has 1 heterocycles. The summed E-state index contributed by atoms with van der Waals surface area (Å²) in [5, 5.41) is 2.58. The largest absolute Gasteiger partial charge is 0.355 e. The summed E-state index contributed by atoms with van der Waals surface area (Å²) in [7, 11) is -6.27. The SMILES string of the molecule is CS(=O)(=O)CCNC(=O)C1CCN(S(C)(=O)=O)CC1. The molecule has 0 radical (unpaired) electrons. The number of sulfonamides is 1. The third-order valence-electron chi connectivity index (χ3n) is 3.07. The van der Waals surface area contributed by atoms with Crippen molar-refractivity contribution in [3.05, 3.63) is 0 Å². The van der Waals surface area contributed by atoms with Gasteiger partial charge in [-0.25, -0.2) is 21.1 Å². The Kier molecular flexibility index (Phi) is 5.34. The quantitative estimate of drug-likeness (QED) is 0.688. The number of carbonyl (C=O) groups excluding carboxylic acids is 1. The fourth-order valence-electron chi connectivity index (χ4n) is 1.95. The Hall–Kier alpha value is -0.670. The maximum atomic E-state index is 11.8. The van der Waals surface area contributed by atoms with E-state index in [-0.39, 0.29) is 24.1 Å². The van der Waals surface area contributed by atoms with E-state index in [9.17, 15) is 21.6 Å². The molecule has 0 saturated carbocycles. The lowest BCUT2D eigenvalue weighted by atomic mass is 9.97. The Balaban J connectivity index is 2.37. The van der Waals surface area contributed by atoms with Crippen molar-refractivity contribution in [1.29, 1.82) is 0 Å². The molecule has 0 unspecified atom stereocenters. The molecule has 9 heteroatoms. The number of hydrogen-bond acceptors (Lipinski definition) is 5. The second kappa shape index (κ2) is 6.19. The van der Waals surface area contributed by atoms with Gasteiger partial charge in [0.15, 0.2) is 0 Å². The highest BCUT2D eigenvalue weighted by atomic mass is 32.2. The highest BCUT2D eigenvalue weighted by molar-refractivity contribution is 7.90. The van der Waals surface area contributed by atoms with E-state index >= 15 is 0 Å². The predicted octanol–water partition coefficient (Wildman–Crippen LogP) is -1.18. The van der Waals surface area contributed by atoms with Crippen molar-refractivity contribution < 1.29 is 21.6 Å². The number of carbonyl (C=O) groups is 1. The van der Waals surface area contributed by atoms with Crippen molar-refractivity contribution in [3.63, 3.8) is 0 Å². The van der Waals surface area contributed by atoms with Gasteiger partial charge in [-0.1, -0.05) is 0 Å². The lowest BCUT2D eigenvalue weighted by molar-refractivity contribution is -0.125. The molecule has 1 rings (SSSR count). The minimum absolute atomic E-state index is 0.0824. The second-order valence-electron chi connectivity index (χ2n) is 4.86. The lowest BCUT2D eigenvalue weighted by Gasteiger charge is -2.29. The van der Waals surface area contributed by atoms with Gasteiger partial charge in [-0.2, -0.15) is 0 Å². The first-order chi connectivity index (χ1) is 8.59. The minimum Gasteiger partial charge on any atom is -0.355 e. The molecule has 0 aromatic carbocycles. The van der Waals surface area contributed by atoms with Crippen LogP contribution in [0.5, 0.6) is 0 Å². The smallest absolute Gasteiger partial charge is 0.223 e. The molecule has 1 saturated heterocycles. The zero-order valence-electron chi connectivity index (χ0n) is 11.1. The first kappa shape index (κ1) is 16.4. The standard InChI is InChI=1S/C10H20N2O5S2/c1-18(14,15)8-5-11-10(13)9-3-6-12(7-4-9)19(2,16)17/h9H,3-8H2,1-2H3,(H,11,13). The molecule has 1 N–H and O–H groups in total. The van der Waals surface area contributed by atoms with Crippen molar-refractivity contribution in [2.45, 2.75) is 12.8 Å². The van der Waals surface area contributed by atoms with Crippen LogP contribution in [0.1, 0.15) is 12.8 Å². The lowest BCUT2D eigenvalue weighted by Crippen LogP contribution is -2.43. The highest BCUT2D eigenvalue weighted by Crippen LogP contribution is 2.19. The van der Waals surface area contributed by atoms with E-state index in [1.54, 1.807) is 0 Å². The fraction of sp³-hybridized carbons (Fsp3) is 0.900. The fourth-order valence-corrected chi connectivity index (χ4v) is 3.30. The van der Waals surface area contributed by atoms with E-state index in [4.69, 9.17) is 0 Å². The van der Waals surface area contributed by atoms with E-state index in [1.165, 1.54) is 4.31 Å². The van der Waals surface area contributed by atoms with Gasteiger partial charge < -0.3 is 5.32 Å². The summed E-state index contributed by atoms with van der Waals surface area (Å²) in [5.74, 6) is -0.518. The maximum Gasteiger partial charge on any atom is 0.223 e. The van der Waals surface area contributed by atoms with Crippen molar-refractivity contribution in [3.8, 4) is 0 Å². The van der Waals surface area contributed by atoms with Gasteiger partial charge in [0.1, 0.15) is 9.84 Å². The maximum absolute atomic E-state index is 11.8. The van der Waals surface area contributed by atoms with E-state index < -0.39 is 19.9 Å². The van der Waals surface area contributed by atoms with Crippen LogP contribution in [-0.4, -0.2) is 64.9 Å². The van der Waals surface area contributed by atoms with Gasteiger partial charge in [0, 0.05) is 31.8 Å². The first-order valence-electron chi connectivity index (χ1n) is 6.00. The number of hydrogen-bond donors (Lipinski definition) is 1. The van der Waals surface area contributed by atoms with Gasteiger partial charge in [0.2, 0.25) is 15.9 Å². The molecule has 0 spiro atoms. The summed E-state index contributed by atoms with van der Waals surface area (Å²) < 4.78 is 45.8. The Morgan fingerprint density at radius 3 is 2.11 bits per heavy atom. The van der Waals surface area contributed by atoms with Gasteiger partial charge in [0.25, 0.3) is 0 Å². The van der Waals surface area contributed by atoms with Crippen LogP contribution in [0.2, 0.25) is 0 Å². The van der Waals surface area contributed by atoms with Gasteiger partial charge in [-0.3, -0.25) is 4.79 Å². The molecule has 1 amide bonds. The molecule has 0 aliphatic carbocycles. The number of sulfone groups is 1. The zero-order valence-corrected chi connectivity index (χ0v) is 12.8. The Labute approximate surface area is 114 Å². The average Bonchev–Trinajstić information content (AvgIpc) is 2.26. The van der Waals surface area contributed by atoms with E-state index in [2.05, 4.69) is 5.32 Å². The van der Waals surface area contributed by atoms with Crippen molar-refractivity contribution in [2.75, 3.05) is 37.9 Å². The molecule has 1 fully saturated rings. The van der Waals surface area contributed by atoms with Crippen LogP contribution in [0.3, 0.4) is 0 Å². The number of nitrogens with zero attached hydrogens (tertiary/aromatic N) is 1. The molecular formula is C10H20N2O5S2. The second-order valence-corrected chi connectivity index (χ2v) is 9.10. The number of piperidine rings is 1. The van der Waals surface area contributed by atoms with E-state index in [1.807, 2.05) is 0 Å². The number of rotatable bonds is 5. The molecule has 0 aromatic rings. The third-order valence-corrected chi connectivity index (χ3v) is 5.31. The van der Waals surface area contributed by atoms with Crippen LogP contribution in [0.4, 0.5) is 0 Å². The molecule has 0 aromatic heterocycles. The summed E-state index contributed by atoms with van der Waals surface area (Å²) in [5.41, 5.74) is 0. The molecule has 19 heavy (non-hydrogen) atoms. The number of nitrogens with one attached hydrogen (secondary N) is 1. The van der Waals surface area contributed by atoms with Crippen molar-refractivity contribution >= 4 is 25.8 Å². The Bertz CT molecular complexity index is 518. The topological polar surface area (TPSA) is 101 Å². The Morgan fingerprint density at radius 2 is 1.68 bits per heavy atom. The van der Waals surface area contributed by atoms with E-state index in [0.29, 0.717) is 25.9 Å². The summed E-state index contributed by atoms with van der Waals surface area (Å²) in [6.45, 7) is 0.774. The number of amides is 1. The summed E-state index contributed by atoms with van der Waals surface area (Å²) in [6, 6.07) is 0. The normalized spacial score (nSPS) is 19.3. The third kappa shape index (κ3) is 5.87. The van der Waals surface area contributed by atoms with Crippen molar-refractivity contribution in [1.82, 2.24) is 9.62 Å². The molecule has 0 atom stereocenters. The average molecular weight is 312 g/mol. The molecule has 112 valence electrons. The first-order valence-corrected chi connectivity index (χ1v) is 9.91. The highest BCUT2D eigenvalue weighted by Gasteiger charge is 2.28. The molecule has 0 bridgehead atoms. The summed E-state index contributed by atoms with van der Waals surface area (Å²) in [4.78, 5) is 11.8. The van der Waals surface area contributed by atoms with Crippen LogP contribution in [-0.2, 0) is 24.7 Å². The minimum atomic E-state index is -3.19. The molecular weight excluding hydrogens is 292 g/mol. The van der Waals surface area contributed by atoms with Crippen LogP contribution in [0.15, 0.2) is 0 Å². The zero-order chi connectivity index (χ0) is 14.7. The molecule has 7 nitrogen and oxygen atoms in total. The monoisotopic (exact) mass is 312 g/mol. The Morgan fingerprint density at radius 1 is 1.16 bits per heavy atom. The van der Waals surface area contributed by atoms with Crippen LogP contribution < -0.4 is 5.32 Å². The van der Waals surface area contributed by atoms with Crippen LogP contribution >= 0.6 is 0 Å². The van der Waals surface area contributed by atoms with Gasteiger partial charge in [-0.15, -0.1) is 0 Å². The van der Waals surface area contributed by atoms with Crippen LogP contribution in [0.25, 0.3) is 0 Å². The van der Waals surface area contributed by atoms with Gasteiger partial charge in [0.05, 0.1) is 12.0 Å².